The van der Waals surface area contributed by atoms with Crippen molar-refractivity contribution in [2.45, 2.75) is 0 Å². The van der Waals surface area contributed by atoms with Gasteiger partial charge in [-0.3, -0.25) is 0 Å². The molecule has 7 heteroatoms. The number of aromatic nitrogens is 3. The van der Waals surface area contributed by atoms with Crippen LogP contribution in [0.2, 0.25) is 5.28 Å². The molecule has 1 aromatic heterocycles. The van der Waals surface area contributed by atoms with E-state index in [9.17, 15) is 0 Å². The van der Waals surface area contributed by atoms with Crippen molar-refractivity contribution >= 4 is 29.2 Å². The van der Waals surface area contributed by atoms with E-state index < -0.39 is 0 Å². The van der Waals surface area contributed by atoms with Crippen LogP contribution in [-0.2, 0) is 0 Å². The fourth-order valence-electron chi connectivity index (χ4n) is 1.61. The Morgan fingerprint density at radius 3 is 2.40 bits per heavy atom. The van der Waals surface area contributed by atoms with Crippen LogP contribution in [0.15, 0.2) is 24.3 Å². The zero-order chi connectivity index (χ0) is 14.7. The molecule has 0 N–H and O–H groups in total. The fourth-order valence-corrected chi connectivity index (χ4v) is 1.77. The van der Waals surface area contributed by atoms with Crippen LogP contribution in [0.5, 0.6) is 5.75 Å². The molecule has 0 saturated carbocycles. The maximum atomic E-state index is 5.94. The van der Waals surface area contributed by atoms with E-state index in [4.69, 9.17) is 16.3 Å². The van der Waals surface area contributed by atoms with Crippen molar-refractivity contribution in [2.24, 2.45) is 0 Å². The van der Waals surface area contributed by atoms with Crippen LogP contribution < -0.4 is 14.5 Å². The second kappa shape index (κ2) is 5.92. The molecule has 0 unspecified atom stereocenters. The van der Waals surface area contributed by atoms with Gasteiger partial charge in [-0.2, -0.15) is 15.0 Å². The van der Waals surface area contributed by atoms with Gasteiger partial charge in [0.1, 0.15) is 5.75 Å². The molecular weight excluding hydrogens is 278 g/mol. The summed E-state index contributed by atoms with van der Waals surface area (Å²) in [6.07, 6.45) is 0. The third-order valence-electron chi connectivity index (χ3n) is 2.73. The maximum absolute atomic E-state index is 5.94. The van der Waals surface area contributed by atoms with Crippen molar-refractivity contribution < 1.29 is 4.74 Å². The second-order valence-corrected chi connectivity index (χ2v) is 4.70. The molecule has 6 nitrogen and oxygen atoms in total. The number of methoxy groups -OCH3 is 1. The number of ether oxygens (including phenoxy) is 1. The quantitative estimate of drug-likeness (QED) is 0.862. The van der Waals surface area contributed by atoms with Crippen LogP contribution in [0.3, 0.4) is 0 Å². The van der Waals surface area contributed by atoms with Crippen molar-refractivity contribution in [3.8, 4) is 5.75 Å². The van der Waals surface area contributed by atoms with Crippen molar-refractivity contribution in [3.63, 3.8) is 0 Å². The lowest BCUT2D eigenvalue weighted by Gasteiger charge is -2.19. The van der Waals surface area contributed by atoms with Gasteiger partial charge in [0, 0.05) is 32.9 Å². The highest BCUT2D eigenvalue weighted by Gasteiger charge is 2.12. The van der Waals surface area contributed by atoms with Crippen molar-refractivity contribution in [2.75, 3.05) is 38.1 Å². The minimum atomic E-state index is 0.161. The van der Waals surface area contributed by atoms with Gasteiger partial charge in [0.25, 0.3) is 0 Å². The number of benzene rings is 1. The minimum absolute atomic E-state index is 0.161. The average Bonchev–Trinajstić information content (AvgIpc) is 2.45. The number of hydrogen-bond acceptors (Lipinski definition) is 6. The van der Waals surface area contributed by atoms with Gasteiger partial charge in [0.15, 0.2) is 0 Å². The Balaban J connectivity index is 2.39. The zero-order valence-corrected chi connectivity index (χ0v) is 12.6. The molecule has 0 radical (unpaired) electrons. The van der Waals surface area contributed by atoms with E-state index in [1.807, 2.05) is 50.3 Å². The third kappa shape index (κ3) is 3.08. The molecule has 1 heterocycles. The Labute approximate surface area is 123 Å². The topological polar surface area (TPSA) is 54.4 Å². The van der Waals surface area contributed by atoms with Gasteiger partial charge in [-0.1, -0.05) is 6.07 Å². The highest BCUT2D eigenvalue weighted by molar-refractivity contribution is 6.28. The van der Waals surface area contributed by atoms with E-state index >= 15 is 0 Å². The lowest BCUT2D eigenvalue weighted by atomic mass is 10.3. The summed E-state index contributed by atoms with van der Waals surface area (Å²) in [5.41, 5.74) is 0.899. The van der Waals surface area contributed by atoms with Gasteiger partial charge in [-0.15, -0.1) is 0 Å². The molecule has 1 aromatic carbocycles. The molecule has 0 atom stereocenters. The number of rotatable bonds is 4. The van der Waals surface area contributed by atoms with Crippen molar-refractivity contribution in [3.05, 3.63) is 29.5 Å². The molecule has 0 spiro atoms. The monoisotopic (exact) mass is 293 g/mol. The highest BCUT2D eigenvalue weighted by atomic mass is 35.5. The van der Waals surface area contributed by atoms with E-state index in [0.29, 0.717) is 11.9 Å². The lowest BCUT2D eigenvalue weighted by molar-refractivity contribution is 0.415. The van der Waals surface area contributed by atoms with Crippen LogP contribution >= 0.6 is 11.6 Å². The van der Waals surface area contributed by atoms with Crippen molar-refractivity contribution in [1.82, 2.24) is 15.0 Å². The predicted octanol–water partition coefficient (Wildman–Crippen LogP) is 2.37. The summed E-state index contributed by atoms with van der Waals surface area (Å²) in [7, 11) is 7.19. The van der Waals surface area contributed by atoms with Gasteiger partial charge in [0.2, 0.25) is 17.2 Å². The first kappa shape index (κ1) is 14.3. The summed E-state index contributed by atoms with van der Waals surface area (Å²) < 4.78 is 5.21. The molecule has 0 aliphatic carbocycles. The van der Waals surface area contributed by atoms with Crippen LogP contribution in [0.1, 0.15) is 0 Å². The van der Waals surface area contributed by atoms with E-state index in [-0.39, 0.29) is 5.28 Å². The van der Waals surface area contributed by atoms with Crippen molar-refractivity contribution in [1.29, 1.82) is 0 Å². The molecule has 0 amide bonds. The summed E-state index contributed by atoms with van der Waals surface area (Å²) in [5, 5.41) is 0.161. The Hall–Kier alpha value is -2.08. The van der Waals surface area contributed by atoms with Crippen LogP contribution in [0, 0.1) is 0 Å². The molecule has 0 fully saturated rings. The third-order valence-corrected chi connectivity index (χ3v) is 2.89. The zero-order valence-electron chi connectivity index (χ0n) is 11.8. The van der Waals surface area contributed by atoms with Crippen LogP contribution in [0.4, 0.5) is 17.6 Å². The first-order valence-corrected chi connectivity index (χ1v) is 6.35. The summed E-state index contributed by atoms with van der Waals surface area (Å²) >= 11 is 5.94. The molecular formula is C13H16ClN5O. The smallest absolute Gasteiger partial charge is 0.235 e. The SMILES string of the molecule is COc1cccc(N(C)c2nc(Cl)nc(N(C)C)n2)c1. The molecule has 20 heavy (non-hydrogen) atoms. The van der Waals surface area contributed by atoms with Gasteiger partial charge >= 0.3 is 0 Å². The second-order valence-electron chi connectivity index (χ2n) is 4.36. The molecule has 2 aromatic rings. The summed E-state index contributed by atoms with van der Waals surface area (Å²) in [6.45, 7) is 0. The maximum Gasteiger partial charge on any atom is 0.235 e. The molecule has 0 aliphatic rings. The number of hydrogen-bond donors (Lipinski definition) is 0. The number of halogens is 1. The largest absolute Gasteiger partial charge is 0.497 e. The summed E-state index contributed by atoms with van der Waals surface area (Å²) in [6, 6.07) is 7.62. The number of nitrogens with zero attached hydrogens (tertiary/aromatic N) is 5. The minimum Gasteiger partial charge on any atom is -0.497 e. The normalized spacial score (nSPS) is 10.2. The van der Waals surface area contributed by atoms with Gasteiger partial charge in [-0.05, 0) is 23.7 Å². The Kier molecular flexibility index (Phi) is 4.24. The van der Waals surface area contributed by atoms with Crippen LogP contribution in [-0.4, -0.2) is 43.2 Å². The standard InChI is InChI=1S/C13H16ClN5O/c1-18(2)12-15-11(14)16-13(17-12)19(3)9-6-5-7-10(8-9)20-4/h5-8H,1-4H3. The Morgan fingerprint density at radius 2 is 1.75 bits per heavy atom. The highest BCUT2D eigenvalue weighted by Crippen LogP contribution is 2.25. The Bertz CT molecular complexity index is 605. The molecule has 2 rings (SSSR count). The van der Waals surface area contributed by atoms with E-state index in [0.717, 1.165) is 11.4 Å². The van der Waals surface area contributed by atoms with Gasteiger partial charge in [0.05, 0.1) is 7.11 Å². The first-order chi connectivity index (χ1) is 9.51. The summed E-state index contributed by atoms with van der Waals surface area (Å²) in [5.74, 6) is 1.75. The Morgan fingerprint density at radius 1 is 1.05 bits per heavy atom. The van der Waals surface area contributed by atoms with Gasteiger partial charge < -0.3 is 14.5 Å². The summed E-state index contributed by atoms with van der Waals surface area (Å²) in [4.78, 5) is 16.2. The van der Waals surface area contributed by atoms with Gasteiger partial charge in [-0.25, -0.2) is 0 Å². The molecule has 0 bridgehead atoms. The van der Waals surface area contributed by atoms with E-state index in [1.165, 1.54) is 0 Å². The van der Waals surface area contributed by atoms with E-state index in [2.05, 4.69) is 15.0 Å². The molecule has 0 saturated heterocycles. The van der Waals surface area contributed by atoms with Crippen LogP contribution in [0.25, 0.3) is 0 Å². The van der Waals surface area contributed by atoms with E-state index in [1.54, 1.807) is 12.0 Å². The predicted molar refractivity (Wildman–Crippen MR) is 80.2 cm³/mol. The fraction of sp³-hybridized carbons (Fsp3) is 0.308. The lowest BCUT2D eigenvalue weighted by Crippen LogP contribution is -2.18. The molecule has 106 valence electrons. The average molecular weight is 294 g/mol. The molecule has 0 aliphatic heterocycles. The first-order valence-electron chi connectivity index (χ1n) is 5.98. The number of anilines is 3.